The lowest BCUT2D eigenvalue weighted by molar-refractivity contribution is -0.115. The Balaban J connectivity index is 1.81. The molecule has 2 aromatic carbocycles. The zero-order valence-electron chi connectivity index (χ0n) is 13.1. The van der Waals surface area contributed by atoms with Crippen molar-refractivity contribution in [2.75, 3.05) is 17.6 Å². The first kappa shape index (κ1) is 17.9. The molecule has 2 aromatic rings. The van der Waals surface area contributed by atoms with E-state index in [1.807, 2.05) is 48.5 Å². The van der Waals surface area contributed by atoms with Crippen LogP contribution in [0.5, 0.6) is 0 Å². The largest absolute Gasteiger partial charge is 0.326 e. The smallest absolute Gasteiger partial charge is 0.225 e. The van der Waals surface area contributed by atoms with Gasteiger partial charge in [0, 0.05) is 34.3 Å². The second-order valence-corrected chi connectivity index (χ2v) is 6.64. The number of nitrogens with one attached hydrogen (secondary N) is 2. The van der Waals surface area contributed by atoms with E-state index >= 15 is 0 Å². The van der Waals surface area contributed by atoms with Crippen LogP contribution in [0.3, 0.4) is 0 Å². The summed E-state index contributed by atoms with van der Waals surface area (Å²) in [5, 5.41) is 7.01. The lowest BCUT2D eigenvalue weighted by atomic mass is 10.1. The minimum Gasteiger partial charge on any atom is -0.326 e. The van der Waals surface area contributed by atoms with Crippen molar-refractivity contribution < 1.29 is 4.79 Å². The van der Waals surface area contributed by atoms with Gasteiger partial charge >= 0.3 is 0 Å². The fourth-order valence-electron chi connectivity index (χ4n) is 2.06. The van der Waals surface area contributed by atoms with Crippen molar-refractivity contribution in [2.24, 2.45) is 0 Å². The van der Waals surface area contributed by atoms with Crippen LogP contribution in [-0.2, 0) is 11.3 Å². The van der Waals surface area contributed by atoms with Crippen molar-refractivity contribution in [3.63, 3.8) is 0 Å². The third-order valence-corrected chi connectivity index (χ3v) is 4.53. The van der Waals surface area contributed by atoms with E-state index in [1.54, 1.807) is 11.8 Å². The second-order valence-electron chi connectivity index (χ2n) is 5.04. The molecular formula is C18H21ClN2OS. The molecule has 122 valence electrons. The van der Waals surface area contributed by atoms with Gasteiger partial charge in [0.15, 0.2) is 0 Å². The third kappa shape index (κ3) is 6.26. The fraction of sp³-hybridized carbons (Fsp3) is 0.278. The molecule has 5 heteroatoms. The van der Waals surface area contributed by atoms with Crippen LogP contribution >= 0.6 is 23.4 Å². The summed E-state index contributed by atoms with van der Waals surface area (Å²) < 4.78 is 0. The monoisotopic (exact) mass is 348 g/mol. The Hall–Kier alpha value is -1.49. The van der Waals surface area contributed by atoms with Crippen LogP contribution in [0.2, 0.25) is 5.02 Å². The quantitative estimate of drug-likeness (QED) is 0.686. The Morgan fingerprint density at radius 2 is 1.87 bits per heavy atom. The molecule has 0 heterocycles. The Labute approximate surface area is 146 Å². The number of carbonyl (C=O) groups is 1. The molecule has 0 saturated heterocycles. The van der Waals surface area contributed by atoms with Crippen molar-refractivity contribution in [3.8, 4) is 0 Å². The predicted octanol–water partition coefficient (Wildman–Crippen LogP) is 4.57. The van der Waals surface area contributed by atoms with Crippen molar-refractivity contribution >= 4 is 35.0 Å². The van der Waals surface area contributed by atoms with Gasteiger partial charge in [0.05, 0.1) is 0 Å². The Morgan fingerprint density at radius 1 is 1.13 bits per heavy atom. The van der Waals surface area contributed by atoms with Crippen LogP contribution in [0.15, 0.2) is 53.4 Å². The van der Waals surface area contributed by atoms with E-state index in [-0.39, 0.29) is 5.91 Å². The van der Waals surface area contributed by atoms with Gasteiger partial charge in [0.1, 0.15) is 0 Å². The molecule has 0 aliphatic heterocycles. The number of thioether (sulfide) groups is 1. The minimum atomic E-state index is 0.0374. The van der Waals surface area contributed by atoms with Crippen molar-refractivity contribution in [3.05, 3.63) is 59.1 Å². The molecule has 0 unspecified atom stereocenters. The molecule has 0 bridgehead atoms. The Morgan fingerprint density at radius 3 is 2.61 bits per heavy atom. The maximum Gasteiger partial charge on any atom is 0.225 e. The lowest BCUT2D eigenvalue weighted by Gasteiger charge is -2.11. The molecule has 1 amide bonds. The highest BCUT2D eigenvalue weighted by Gasteiger charge is 2.06. The zero-order chi connectivity index (χ0) is 16.5. The van der Waals surface area contributed by atoms with Crippen molar-refractivity contribution in [1.82, 2.24) is 5.32 Å². The number of carbonyl (C=O) groups excluding carboxylic acids is 1. The number of para-hydroxylation sites is 1. The highest BCUT2D eigenvalue weighted by atomic mass is 35.5. The number of anilines is 1. The normalized spacial score (nSPS) is 10.5. The van der Waals surface area contributed by atoms with Gasteiger partial charge in [-0.1, -0.05) is 36.7 Å². The van der Waals surface area contributed by atoms with Crippen LogP contribution in [0.25, 0.3) is 0 Å². The Kier molecular flexibility index (Phi) is 7.46. The van der Waals surface area contributed by atoms with Gasteiger partial charge in [-0.2, -0.15) is 0 Å². The minimum absolute atomic E-state index is 0.0374. The van der Waals surface area contributed by atoms with Crippen molar-refractivity contribution in [1.29, 1.82) is 0 Å². The van der Waals surface area contributed by atoms with E-state index in [4.69, 9.17) is 11.6 Å². The first-order valence-corrected chi connectivity index (χ1v) is 9.02. The molecule has 2 N–H and O–H groups in total. The molecule has 0 fully saturated rings. The molecule has 2 rings (SSSR count). The van der Waals surface area contributed by atoms with E-state index in [1.165, 1.54) is 0 Å². The number of rotatable bonds is 8. The Bertz CT molecular complexity index is 631. The first-order chi connectivity index (χ1) is 11.2. The van der Waals surface area contributed by atoms with Crippen LogP contribution in [0, 0.1) is 0 Å². The zero-order valence-corrected chi connectivity index (χ0v) is 14.7. The maximum atomic E-state index is 12.1. The van der Waals surface area contributed by atoms with Crippen molar-refractivity contribution in [2.45, 2.75) is 24.8 Å². The van der Waals surface area contributed by atoms with Gasteiger partial charge in [-0.3, -0.25) is 4.79 Å². The van der Waals surface area contributed by atoms with Gasteiger partial charge < -0.3 is 10.6 Å². The summed E-state index contributed by atoms with van der Waals surface area (Å²) in [6.07, 6.45) is 0.475. The molecule has 0 aromatic heterocycles. The molecular weight excluding hydrogens is 328 g/mol. The van der Waals surface area contributed by atoms with Crippen LogP contribution in [0.4, 0.5) is 5.69 Å². The highest BCUT2D eigenvalue weighted by molar-refractivity contribution is 7.99. The van der Waals surface area contributed by atoms with E-state index in [2.05, 4.69) is 17.6 Å². The van der Waals surface area contributed by atoms with Gasteiger partial charge in [-0.15, -0.1) is 11.8 Å². The van der Waals surface area contributed by atoms with E-state index in [9.17, 15) is 4.79 Å². The highest BCUT2D eigenvalue weighted by Crippen LogP contribution is 2.21. The van der Waals surface area contributed by atoms with Crippen LogP contribution in [-0.4, -0.2) is 18.2 Å². The molecule has 3 nitrogen and oxygen atoms in total. The molecule has 0 aliphatic carbocycles. The molecule has 0 atom stereocenters. The second kappa shape index (κ2) is 9.60. The van der Waals surface area contributed by atoms with Gasteiger partial charge in [0.25, 0.3) is 0 Å². The van der Waals surface area contributed by atoms with E-state index < -0.39 is 0 Å². The topological polar surface area (TPSA) is 41.1 Å². The van der Waals surface area contributed by atoms with E-state index in [0.717, 1.165) is 40.0 Å². The third-order valence-electron chi connectivity index (χ3n) is 3.27. The summed E-state index contributed by atoms with van der Waals surface area (Å²) in [6, 6.07) is 15.6. The summed E-state index contributed by atoms with van der Waals surface area (Å²) in [6.45, 7) is 3.72. The number of benzene rings is 2. The molecule has 23 heavy (non-hydrogen) atoms. The maximum absolute atomic E-state index is 12.1. The molecule has 0 aliphatic rings. The van der Waals surface area contributed by atoms with Gasteiger partial charge in [0.2, 0.25) is 5.91 Å². The molecule has 0 saturated carbocycles. The number of amides is 1. The van der Waals surface area contributed by atoms with Crippen LogP contribution < -0.4 is 10.6 Å². The number of halogens is 1. The number of hydrogen-bond acceptors (Lipinski definition) is 3. The summed E-state index contributed by atoms with van der Waals surface area (Å²) in [5.41, 5.74) is 1.99. The van der Waals surface area contributed by atoms with Crippen LogP contribution in [0.1, 0.15) is 18.9 Å². The summed E-state index contributed by atoms with van der Waals surface area (Å²) in [4.78, 5) is 13.2. The van der Waals surface area contributed by atoms with Gasteiger partial charge in [-0.25, -0.2) is 0 Å². The van der Waals surface area contributed by atoms with E-state index in [0.29, 0.717) is 6.42 Å². The van der Waals surface area contributed by atoms with Gasteiger partial charge in [-0.05, 0) is 42.4 Å². The fourth-order valence-corrected chi connectivity index (χ4v) is 3.04. The first-order valence-electron chi connectivity index (χ1n) is 7.66. The average Bonchev–Trinajstić information content (AvgIpc) is 2.56. The molecule has 0 spiro atoms. The number of hydrogen-bond donors (Lipinski definition) is 2. The average molecular weight is 349 g/mol. The summed E-state index contributed by atoms with van der Waals surface area (Å²) in [7, 11) is 0. The predicted molar refractivity (Wildman–Crippen MR) is 99.2 cm³/mol. The summed E-state index contributed by atoms with van der Waals surface area (Å²) in [5.74, 6) is 0.776. The SMILES string of the molecule is CCNCc1ccccc1NC(=O)CCSc1ccc(Cl)cc1. The lowest BCUT2D eigenvalue weighted by Crippen LogP contribution is -2.17. The molecule has 0 radical (unpaired) electrons. The standard InChI is InChI=1S/C18H21ClN2OS/c1-2-20-13-14-5-3-4-6-17(14)21-18(22)11-12-23-16-9-7-15(19)8-10-16/h3-10,20H,2,11-13H2,1H3,(H,21,22). The summed E-state index contributed by atoms with van der Waals surface area (Å²) >= 11 is 7.51.